The summed E-state index contributed by atoms with van der Waals surface area (Å²) >= 11 is 3.40. The minimum Gasteiger partial charge on any atom is -0.317 e. The van der Waals surface area contributed by atoms with Gasteiger partial charge in [0.05, 0.1) is 15.6 Å². The number of aromatic nitrogens is 3. The van der Waals surface area contributed by atoms with Crippen LogP contribution in [0.25, 0.3) is 9.88 Å². The first-order valence-corrected chi connectivity index (χ1v) is 8.31. The molecule has 2 rings (SSSR count). The highest BCUT2D eigenvalue weighted by Crippen LogP contribution is 2.31. The molecule has 4 nitrogen and oxygen atoms in total. The van der Waals surface area contributed by atoms with Crippen LogP contribution in [-0.4, -0.2) is 28.3 Å². The average molecular weight is 296 g/mol. The largest absolute Gasteiger partial charge is 0.317 e. The SMILES string of the molecule is CCCNCCCc1nnc(-c2sc(C)nc2C)s1. The van der Waals surface area contributed by atoms with E-state index in [0.29, 0.717) is 0 Å². The van der Waals surface area contributed by atoms with Crippen LogP contribution in [-0.2, 0) is 6.42 Å². The minimum atomic E-state index is 1.01. The molecule has 0 spiro atoms. The van der Waals surface area contributed by atoms with Crippen molar-refractivity contribution >= 4 is 22.7 Å². The Kier molecular flexibility index (Phi) is 5.42. The molecule has 19 heavy (non-hydrogen) atoms. The number of nitrogens with one attached hydrogen (secondary N) is 1. The van der Waals surface area contributed by atoms with Crippen LogP contribution in [0.4, 0.5) is 0 Å². The van der Waals surface area contributed by atoms with Crippen LogP contribution >= 0.6 is 22.7 Å². The molecule has 0 unspecified atom stereocenters. The van der Waals surface area contributed by atoms with Gasteiger partial charge in [-0.2, -0.15) is 0 Å². The molecule has 1 N–H and O–H groups in total. The van der Waals surface area contributed by atoms with Crippen LogP contribution in [0.1, 0.15) is 35.5 Å². The highest BCUT2D eigenvalue weighted by Gasteiger charge is 2.12. The van der Waals surface area contributed by atoms with Crippen molar-refractivity contribution in [2.24, 2.45) is 0 Å². The zero-order valence-electron chi connectivity index (χ0n) is 11.7. The highest BCUT2D eigenvalue weighted by atomic mass is 32.1. The van der Waals surface area contributed by atoms with E-state index in [1.54, 1.807) is 22.7 Å². The first-order chi connectivity index (χ1) is 9.20. The topological polar surface area (TPSA) is 50.7 Å². The maximum Gasteiger partial charge on any atom is 0.159 e. The second-order valence-corrected chi connectivity index (χ2v) is 6.77. The van der Waals surface area contributed by atoms with Crippen molar-refractivity contribution in [3.8, 4) is 9.88 Å². The molecular formula is C13H20N4S2. The molecule has 2 aromatic rings. The predicted molar refractivity (Wildman–Crippen MR) is 82.0 cm³/mol. The van der Waals surface area contributed by atoms with Crippen molar-refractivity contribution in [3.05, 3.63) is 15.7 Å². The molecule has 0 radical (unpaired) electrons. The lowest BCUT2D eigenvalue weighted by molar-refractivity contribution is 0.637. The van der Waals surface area contributed by atoms with Crippen molar-refractivity contribution in [1.29, 1.82) is 0 Å². The van der Waals surface area contributed by atoms with E-state index in [1.807, 2.05) is 13.8 Å². The molecule has 0 aliphatic heterocycles. The summed E-state index contributed by atoms with van der Waals surface area (Å²) < 4.78 is 0. The van der Waals surface area contributed by atoms with E-state index in [0.717, 1.165) is 46.6 Å². The third-order valence-corrected chi connectivity index (χ3v) is 4.94. The number of hydrogen-bond donors (Lipinski definition) is 1. The summed E-state index contributed by atoms with van der Waals surface area (Å²) in [4.78, 5) is 5.61. The molecule has 0 aliphatic rings. The van der Waals surface area contributed by atoms with E-state index < -0.39 is 0 Å². The Balaban J connectivity index is 1.90. The van der Waals surface area contributed by atoms with Gasteiger partial charge in [0.2, 0.25) is 0 Å². The van der Waals surface area contributed by atoms with Gasteiger partial charge >= 0.3 is 0 Å². The van der Waals surface area contributed by atoms with Crippen LogP contribution in [0, 0.1) is 13.8 Å². The van der Waals surface area contributed by atoms with Gasteiger partial charge in [0.15, 0.2) is 5.01 Å². The number of hydrogen-bond acceptors (Lipinski definition) is 6. The third kappa shape index (κ3) is 4.06. The molecular weight excluding hydrogens is 276 g/mol. The van der Waals surface area contributed by atoms with Gasteiger partial charge in [0, 0.05) is 6.42 Å². The van der Waals surface area contributed by atoms with Crippen LogP contribution in [0.2, 0.25) is 0 Å². The Labute approximate surface area is 122 Å². The summed E-state index contributed by atoms with van der Waals surface area (Å²) in [5.41, 5.74) is 1.06. The van der Waals surface area contributed by atoms with Crippen LogP contribution < -0.4 is 5.32 Å². The summed E-state index contributed by atoms with van der Waals surface area (Å²) in [5, 5.41) is 15.2. The fraction of sp³-hybridized carbons (Fsp3) is 0.615. The van der Waals surface area contributed by atoms with Gasteiger partial charge in [-0.15, -0.1) is 21.5 Å². The summed E-state index contributed by atoms with van der Waals surface area (Å²) in [7, 11) is 0. The zero-order chi connectivity index (χ0) is 13.7. The van der Waals surface area contributed by atoms with E-state index in [9.17, 15) is 0 Å². The van der Waals surface area contributed by atoms with Gasteiger partial charge in [-0.05, 0) is 39.8 Å². The average Bonchev–Trinajstić information content (AvgIpc) is 2.95. The van der Waals surface area contributed by atoms with Crippen molar-refractivity contribution in [2.45, 2.75) is 40.0 Å². The van der Waals surface area contributed by atoms with E-state index in [-0.39, 0.29) is 0 Å². The van der Waals surface area contributed by atoms with Gasteiger partial charge in [-0.25, -0.2) is 4.98 Å². The normalized spacial score (nSPS) is 11.1. The number of rotatable bonds is 7. The van der Waals surface area contributed by atoms with Crippen molar-refractivity contribution in [2.75, 3.05) is 13.1 Å². The Morgan fingerprint density at radius 1 is 1.11 bits per heavy atom. The minimum absolute atomic E-state index is 1.01. The first-order valence-electron chi connectivity index (χ1n) is 6.68. The molecule has 0 aromatic carbocycles. The Morgan fingerprint density at radius 3 is 2.63 bits per heavy atom. The number of thiazole rings is 1. The highest BCUT2D eigenvalue weighted by molar-refractivity contribution is 7.21. The van der Waals surface area contributed by atoms with Crippen molar-refractivity contribution < 1.29 is 0 Å². The van der Waals surface area contributed by atoms with E-state index >= 15 is 0 Å². The molecule has 0 fully saturated rings. The predicted octanol–water partition coefficient (Wildman–Crippen LogP) is 3.21. The standard InChI is InChI=1S/C13H20N4S2/c1-4-7-14-8-5-6-11-16-17-13(19-11)12-9(2)15-10(3)18-12/h14H,4-8H2,1-3H3. The molecule has 0 saturated carbocycles. The van der Waals surface area contributed by atoms with Gasteiger partial charge in [0.1, 0.15) is 5.01 Å². The lowest BCUT2D eigenvalue weighted by Crippen LogP contribution is -2.16. The molecule has 6 heteroatoms. The lowest BCUT2D eigenvalue weighted by Gasteiger charge is -1.99. The Bertz CT molecular complexity index is 518. The maximum atomic E-state index is 4.44. The first kappa shape index (κ1) is 14.6. The fourth-order valence-corrected chi connectivity index (χ4v) is 3.77. The monoisotopic (exact) mass is 296 g/mol. The van der Waals surface area contributed by atoms with E-state index in [4.69, 9.17) is 0 Å². The molecule has 2 heterocycles. The van der Waals surface area contributed by atoms with E-state index in [2.05, 4.69) is 27.4 Å². The molecule has 0 bridgehead atoms. The molecule has 0 saturated heterocycles. The molecule has 104 valence electrons. The second kappa shape index (κ2) is 7.07. The van der Waals surface area contributed by atoms with Gasteiger partial charge in [-0.1, -0.05) is 18.3 Å². The smallest absolute Gasteiger partial charge is 0.159 e. The Hall–Kier alpha value is -0.850. The third-order valence-electron chi connectivity index (χ3n) is 2.74. The summed E-state index contributed by atoms with van der Waals surface area (Å²) in [5.74, 6) is 0. The van der Waals surface area contributed by atoms with Crippen molar-refractivity contribution in [1.82, 2.24) is 20.5 Å². The van der Waals surface area contributed by atoms with Crippen LogP contribution in [0.3, 0.4) is 0 Å². The van der Waals surface area contributed by atoms with Crippen LogP contribution in [0.15, 0.2) is 0 Å². The zero-order valence-corrected chi connectivity index (χ0v) is 13.3. The Morgan fingerprint density at radius 2 is 1.95 bits per heavy atom. The van der Waals surface area contributed by atoms with E-state index in [1.165, 1.54) is 11.3 Å². The molecule has 0 aliphatic carbocycles. The van der Waals surface area contributed by atoms with Crippen molar-refractivity contribution in [3.63, 3.8) is 0 Å². The van der Waals surface area contributed by atoms with Gasteiger partial charge in [0.25, 0.3) is 0 Å². The lowest BCUT2D eigenvalue weighted by atomic mass is 10.3. The fourth-order valence-electron chi connectivity index (χ4n) is 1.84. The second-order valence-electron chi connectivity index (χ2n) is 4.50. The number of aryl methyl sites for hydroxylation is 3. The summed E-state index contributed by atoms with van der Waals surface area (Å²) in [6.45, 7) is 8.41. The summed E-state index contributed by atoms with van der Waals surface area (Å²) in [6, 6.07) is 0. The van der Waals surface area contributed by atoms with Gasteiger partial charge < -0.3 is 5.32 Å². The summed E-state index contributed by atoms with van der Waals surface area (Å²) in [6.07, 6.45) is 3.31. The van der Waals surface area contributed by atoms with Gasteiger partial charge in [-0.3, -0.25) is 0 Å². The number of nitrogens with zero attached hydrogens (tertiary/aromatic N) is 3. The quantitative estimate of drug-likeness (QED) is 0.797. The van der Waals surface area contributed by atoms with Crippen LogP contribution in [0.5, 0.6) is 0 Å². The maximum absolute atomic E-state index is 4.44. The molecule has 2 aromatic heterocycles. The molecule has 0 amide bonds. The molecule has 0 atom stereocenters.